The quantitative estimate of drug-likeness (QED) is 0.610. The van der Waals surface area contributed by atoms with E-state index in [-0.39, 0.29) is 18.2 Å². The monoisotopic (exact) mass is 424 g/mol. The summed E-state index contributed by atoms with van der Waals surface area (Å²) in [6, 6.07) is 9.58. The van der Waals surface area contributed by atoms with Crippen molar-refractivity contribution in [2.45, 2.75) is 32.6 Å². The van der Waals surface area contributed by atoms with Crippen LogP contribution in [-0.4, -0.2) is 29.9 Å². The van der Waals surface area contributed by atoms with E-state index in [1.165, 1.54) is 42.5 Å². The van der Waals surface area contributed by atoms with Crippen molar-refractivity contribution >= 4 is 39.7 Å². The van der Waals surface area contributed by atoms with Crippen molar-refractivity contribution in [3.63, 3.8) is 0 Å². The first-order valence-corrected chi connectivity index (χ1v) is 10.9. The lowest BCUT2D eigenvalue weighted by Gasteiger charge is -2.28. The zero-order valence-corrected chi connectivity index (χ0v) is 17.6. The van der Waals surface area contributed by atoms with Crippen LogP contribution in [0.15, 0.2) is 46.4 Å². The van der Waals surface area contributed by atoms with E-state index in [2.05, 4.69) is 32.7 Å². The van der Waals surface area contributed by atoms with Gasteiger partial charge in [-0.2, -0.15) is 0 Å². The van der Waals surface area contributed by atoms with Crippen molar-refractivity contribution in [2.75, 3.05) is 28.6 Å². The maximum absolute atomic E-state index is 12.4. The largest absolute Gasteiger partial charge is 0.469 e. The second-order valence-electron chi connectivity index (χ2n) is 7.31. The van der Waals surface area contributed by atoms with Gasteiger partial charge in [-0.05, 0) is 56.5 Å². The number of anilines is 3. The number of piperidine rings is 1. The molecular weight excluding hydrogens is 400 g/mol. The van der Waals surface area contributed by atoms with E-state index in [0.717, 1.165) is 18.8 Å². The second-order valence-corrected chi connectivity index (χ2v) is 8.17. The van der Waals surface area contributed by atoms with Crippen LogP contribution in [0.3, 0.4) is 0 Å². The summed E-state index contributed by atoms with van der Waals surface area (Å²) in [5.74, 6) is 0.130. The molecule has 0 unspecified atom stereocenters. The molecule has 1 saturated heterocycles. The standard InChI is InChI=1S/C22H24N4O3S/c1-15-19(9-12-29-15)21(28)25-22-24-17(14-30-22)13-20(27)23-16-5-7-18(8-6-16)26-10-3-2-4-11-26/h5-9,12,14H,2-4,10-11,13H2,1H3,(H,23,27)(H,24,25,28). The van der Waals surface area contributed by atoms with Gasteiger partial charge in [-0.1, -0.05) is 0 Å². The fraction of sp³-hybridized carbons (Fsp3) is 0.318. The summed E-state index contributed by atoms with van der Waals surface area (Å²) in [4.78, 5) is 31.3. The number of carbonyl (C=O) groups is 2. The molecule has 0 bridgehead atoms. The number of benzene rings is 1. The van der Waals surface area contributed by atoms with Gasteiger partial charge in [0.15, 0.2) is 5.13 Å². The van der Waals surface area contributed by atoms with Crippen LogP contribution in [0.4, 0.5) is 16.5 Å². The lowest BCUT2D eigenvalue weighted by molar-refractivity contribution is -0.115. The minimum atomic E-state index is -0.277. The number of aryl methyl sites for hydroxylation is 1. The molecule has 2 aromatic heterocycles. The predicted molar refractivity (Wildman–Crippen MR) is 118 cm³/mol. The van der Waals surface area contributed by atoms with Gasteiger partial charge in [-0.25, -0.2) is 4.98 Å². The molecule has 2 N–H and O–H groups in total. The van der Waals surface area contributed by atoms with Gasteiger partial charge in [0.1, 0.15) is 5.76 Å². The Balaban J connectivity index is 1.30. The van der Waals surface area contributed by atoms with Crippen molar-refractivity contribution in [3.05, 3.63) is 59.0 Å². The lowest BCUT2D eigenvalue weighted by Crippen LogP contribution is -2.29. The molecule has 0 radical (unpaired) electrons. The number of rotatable bonds is 6. The minimum Gasteiger partial charge on any atom is -0.469 e. The molecule has 2 amide bonds. The molecule has 1 aliphatic heterocycles. The summed E-state index contributed by atoms with van der Waals surface area (Å²) >= 11 is 1.29. The molecule has 0 spiro atoms. The number of hydrogen-bond donors (Lipinski definition) is 2. The molecule has 1 aliphatic rings. The molecule has 30 heavy (non-hydrogen) atoms. The maximum Gasteiger partial charge on any atom is 0.260 e. The van der Waals surface area contributed by atoms with Crippen LogP contribution in [0.25, 0.3) is 0 Å². The summed E-state index contributed by atoms with van der Waals surface area (Å²) < 4.78 is 5.15. The van der Waals surface area contributed by atoms with E-state index in [9.17, 15) is 9.59 Å². The van der Waals surface area contributed by atoms with Gasteiger partial charge in [0.25, 0.3) is 5.91 Å². The first-order chi connectivity index (χ1) is 14.6. The molecule has 3 heterocycles. The van der Waals surface area contributed by atoms with Gasteiger partial charge in [0, 0.05) is 29.8 Å². The Hall–Kier alpha value is -3.13. The van der Waals surface area contributed by atoms with Gasteiger partial charge in [-0.15, -0.1) is 11.3 Å². The third-order valence-corrected chi connectivity index (χ3v) is 5.90. The van der Waals surface area contributed by atoms with Gasteiger partial charge >= 0.3 is 0 Å². The molecule has 1 fully saturated rings. The van der Waals surface area contributed by atoms with Crippen molar-refractivity contribution in [2.24, 2.45) is 0 Å². The van der Waals surface area contributed by atoms with Crippen LogP contribution >= 0.6 is 11.3 Å². The van der Waals surface area contributed by atoms with E-state index in [1.54, 1.807) is 18.4 Å². The highest BCUT2D eigenvalue weighted by Gasteiger charge is 2.15. The molecule has 0 atom stereocenters. The van der Waals surface area contributed by atoms with Crippen molar-refractivity contribution in [1.29, 1.82) is 0 Å². The number of hydrogen-bond acceptors (Lipinski definition) is 6. The molecule has 7 nitrogen and oxygen atoms in total. The van der Waals surface area contributed by atoms with Gasteiger partial charge in [-0.3, -0.25) is 14.9 Å². The first kappa shape index (κ1) is 20.2. The number of thiazole rings is 1. The zero-order chi connectivity index (χ0) is 20.9. The van der Waals surface area contributed by atoms with Crippen LogP contribution in [-0.2, 0) is 11.2 Å². The fourth-order valence-electron chi connectivity index (χ4n) is 3.51. The molecule has 0 aliphatic carbocycles. The molecule has 156 valence electrons. The third kappa shape index (κ3) is 4.88. The van der Waals surface area contributed by atoms with Gasteiger partial charge < -0.3 is 14.6 Å². The Morgan fingerprint density at radius 2 is 1.87 bits per heavy atom. The lowest BCUT2D eigenvalue weighted by atomic mass is 10.1. The average Bonchev–Trinajstić information content (AvgIpc) is 3.37. The first-order valence-electron chi connectivity index (χ1n) is 10.0. The summed E-state index contributed by atoms with van der Waals surface area (Å²) in [6.07, 6.45) is 5.38. The molecular formula is C22H24N4O3S. The van der Waals surface area contributed by atoms with Crippen LogP contribution < -0.4 is 15.5 Å². The van der Waals surface area contributed by atoms with Crippen LogP contribution in [0.2, 0.25) is 0 Å². The SMILES string of the molecule is Cc1occc1C(=O)Nc1nc(CC(=O)Nc2ccc(N3CCCCC3)cc2)cs1. The molecule has 1 aromatic carbocycles. The zero-order valence-electron chi connectivity index (χ0n) is 16.8. The number of nitrogens with one attached hydrogen (secondary N) is 2. The van der Waals surface area contributed by atoms with Crippen molar-refractivity contribution < 1.29 is 14.0 Å². The normalized spacial score (nSPS) is 13.8. The van der Waals surface area contributed by atoms with E-state index >= 15 is 0 Å². The topological polar surface area (TPSA) is 87.5 Å². The summed E-state index contributed by atoms with van der Waals surface area (Å²) in [5, 5.41) is 7.87. The molecule has 3 aromatic rings. The number of carbonyl (C=O) groups excluding carboxylic acids is 2. The van der Waals surface area contributed by atoms with Crippen LogP contribution in [0.5, 0.6) is 0 Å². The highest BCUT2D eigenvalue weighted by Crippen LogP contribution is 2.22. The average molecular weight is 425 g/mol. The Morgan fingerprint density at radius 3 is 2.57 bits per heavy atom. The highest BCUT2D eigenvalue weighted by molar-refractivity contribution is 7.14. The molecule has 4 rings (SSSR count). The molecule has 8 heteroatoms. The predicted octanol–water partition coefficient (Wildman–Crippen LogP) is 4.47. The van der Waals surface area contributed by atoms with Crippen molar-refractivity contribution in [3.8, 4) is 0 Å². The summed E-state index contributed by atoms with van der Waals surface area (Å²) in [7, 11) is 0. The minimum absolute atomic E-state index is 0.144. The van der Waals surface area contributed by atoms with Gasteiger partial charge in [0.2, 0.25) is 5.91 Å². The van der Waals surface area contributed by atoms with E-state index in [4.69, 9.17) is 4.42 Å². The number of amides is 2. The number of aromatic nitrogens is 1. The number of furan rings is 1. The van der Waals surface area contributed by atoms with E-state index < -0.39 is 0 Å². The Morgan fingerprint density at radius 1 is 1.10 bits per heavy atom. The number of nitrogens with zero attached hydrogens (tertiary/aromatic N) is 2. The highest BCUT2D eigenvalue weighted by atomic mass is 32.1. The Labute approximate surface area is 179 Å². The summed E-state index contributed by atoms with van der Waals surface area (Å²) in [5.41, 5.74) is 3.04. The van der Waals surface area contributed by atoms with E-state index in [1.807, 2.05) is 12.1 Å². The third-order valence-electron chi connectivity index (χ3n) is 5.09. The second kappa shape index (κ2) is 9.13. The smallest absolute Gasteiger partial charge is 0.260 e. The van der Waals surface area contributed by atoms with Crippen LogP contribution in [0.1, 0.15) is 41.1 Å². The van der Waals surface area contributed by atoms with Crippen molar-refractivity contribution in [1.82, 2.24) is 4.98 Å². The van der Waals surface area contributed by atoms with E-state index in [0.29, 0.717) is 22.1 Å². The molecule has 0 saturated carbocycles. The fourth-order valence-corrected chi connectivity index (χ4v) is 4.21. The van der Waals surface area contributed by atoms with Gasteiger partial charge in [0.05, 0.1) is 23.9 Å². The Kier molecular flexibility index (Phi) is 6.13. The van der Waals surface area contributed by atoms with Crippen LogP contribution in [0, 0.1) is 6.92 Å². The summed E-state index contributed by atoms with van der Waals surface area (Å²) in [6.45, 7) is 3.91. The Bertz CT molecular complexity index is 1020. The maximum atomic E-state index is 12.4.